The van der Waals surface area contributed by atoms with Crippen LogP contribution in [0.3, 0.4) is 0 Å². The molecular weight excluding hydrogens is 148 g/mol. The standard InChI is InChI=1S/C7H12ClN2/c1-3-9-4-5-10(6-9)7(2)8/h4-7H,3H2,1-2H3/q+1. The number of aromatic nitrogens is 2. The van der Waals surface area contributed by atoms with Gasteiger partial charge >= 0.3 is 0 Å². The Balaban J connectivity index is 2.78. The maximum atomic E-state index is 5.82. The fourth-order valence-corrected chi connectivity index (χ4v) is 0.924. The molecule has 1 atom stereocenters. The van der Waals surface area contributed by atoms with E-state index in [4.69, 9.17) is 11.6 Å². The summed E-state index contributed by atoms with van der Waals surface area (Å²) in [4.78, 5) is 0. The summed E-state index contributed by atoms with van der Waals surface area (Å²) in [5, 5.41) is 0. The molecule has 0 aliphatic carbocycles. The largest absolute Gasteiger partial charge is 0.244 e. The van der Waals surface area contributed by atoms with Gasteiger partial charge in [0.1, 0.15) is 12.4 Å². The molecule has 1 heterocycles. The molecule has 1 aromatic rings. The Morgan fingerprint density at radius 1 is 1.70 bits per heavy atom. The summed E-state index contributed by atoms with van der Waals surface area (Å²) in [6, 6.07) is 0. The minimum atomic E-state index is 0.0489. The first-order chi connectivity index (χ1) is 4.74. The van der Waals surface area contributed by atoms with Crippen molar-refractivity contribution >= 4 is 11.6 Å². The smallest absolute Gasteiger partial charge is 0.237 e. The van der Waals surface area contributed by atoms with E-state index in [2.05, 4.69) is 11.5 Å². The number of imidazole rings is 1. The second-order valence-electron chi connectivity index (χ2n) is 2.27. The van der Waals surface area contributed by atoms with Crippen molar-refractivity contribution < 1.29 is 4.57 Å². The van der Waals surface area contributed by atoms with Gasteiger partial charge in [-0.2, -0.15) is 0 Å². The van der Waals surface area contributed by atoms with E-state index in [-0.39, 0.29) is 5.50 Å². The fraction of sp³-hybridized carbons (Fsp3) is 0.571. The van der Waals surface area contributed by atoms with Crippen molar-refractivity contribution in [2.75, 3.05) is 0 Å². The van der Waals surface area contributed by atoms with Crippen molar-refractivity contribution in [3.8, 4) is 0 Å². The van der Waals surface area contributed by atoms with Gasteiger partial charge in [0.25, 0.3) is 0 Å². The molecule has 0 spiro atoms. The molecule has 0 N–H and O–H groups in total. The minimum Gasteiger partial charge on any atom is -0.237 e. The molecule has 2 nitrogen and oxygen atoms in total. The van der Waals surface area contributed by atoms with E-state index in [0.717, 1.165) is 6.54 Å². The predicted octanol–water partition coefficient (Wildman–Crippen LogP) is 1.55. The van der Waals surface area contributed by atoms with Gasteiger partial charge in [-0.15, -0.1) is 0 Å². The zero-order chi connectivity index (χ0) is 7.56. The molecule has 1 aromatic heterocycles. The Hall–Kier alpha value is -0.500. The van der Waals surface area contributed by atoms with Gasteiger partial charge in [-0.3, -0.25) is 0 Å². The van der Waals surface area contributed by atoms with Crippen molar-refractivity contribution in [1.29, 1.82) is 0 Å². The summed E-state index contributed by atoms with van der Waals surface area (Å²) in [5.74, 6) is 0. The van der Waals surface area contributed by atoms with Crippen LogP contribution >= 0.6 is 11.6 Å². The van der Waals surface area contributed by atoms with Crippen LogP contribution in [-0.4, -0.2) is 4.57 Å². The summed E-state index contributed by atoms with van der Waals surface area (Å²) >= 11 is 5.82. The molecule has 3 heteroatoms. The number of nitrogens with zero attached hydrogens (tertiary/aromatic N) is 2. The molecule has 0 amide bonds. The van der Waals surface area contributed by atoms with E-state index >= 15 is 0 Å². The van der Waals surface area contributed by atoms with E-state index < -0.39 is 0 Å². The SMILES string of the molecule is CC[n+]1ccn(C(C)Cl)c1. The number of alkyl halides is 1. The number of rotatable bonds is 2. The molecule has 0 aliphatic rings. The molecule has 0 aromatic carbocycles. The number of halogens is 1. The molecule has 56 valence electrons. The molecule has 0 aliphatic heterocycles. The molecule has 0 radical (unpaired) electrons. The maximum Gasteiger partial charge on any atom is 0.244 e. The van der Waals surface area contributed by atoms with E-state index in [1.54, 1.807) is 0 Å². The van der Waals surface area contributed by atoms with Crippen LogP contribution in [0.15, 0.2) is 18.7 Å². The van der Waals surface area contributed by atoms with Gasteiger partial charge < -0.3 is 0 Å². The van der Waals surface area contributed by atoms with Crippen LogP contribution in [0.5, 0.6) is 0 Å². The Kier molecular flexibility index (Phi) is 2.33. The normalized spacial score (nSPS) is 13.5. The third-order valence-electron chi connectivity index (χ3n) is 1.49. The summed E-state index contributed by atoms with van der Waals surface area (Å²) in [7, 11) is 0. The molecule has 0 bridgehead atoms. The quantitative estimate of drug-likeness (QED) is 0.458. The lowest BCUT2D eigenvalue weighted by atomic mass is 10.7. The zero-order valence-electron chi connectivity index (χ0n) is 6.29. The molecule has 0 fully saturated rings. The summed E-state index contributed by atoms with van der Waals surface area (Å²) in [5.41, 5.74) is 0.0489. The van der Waals surface area contributed by atoms with E-state index in [1.165, 1.54) is 0 Å². The number of aryl methyl sites for hydroxylation is 1. The predicted molar refractivity (Wildman–Crippen MR) is 40.9 cm³/mol. The van der Waals surface area contributed by atoms with Crippen molar-refractivity contribution in [3.05, 3.63) is 18.7 Å². The van der Waals surface area contributed by atoms with Crippen molar-refractivity contribution in [1.82, 2.24) is 4.57 Å². The van der Waals surface area contributed by atoms with Gasteiger partial charge in [-0.1, -0.05) is 11.6 Å². The molecule has 10 heavy (non-hydrogen) atoms. The fourth-order valence-electron chi connectivity index (χ4n) is 0.808. The summed E-state index contributed by atoms with van der Waals surface area (Å²) < 4.78 is 4.05. The Morgan fingerprint density at radius 2 is 2.40 bits per heavy atom. The third kappa shape index (κ3) is 1.51. The zero-order valence-corrected chi connectivity index (χ0v) is 7.04. The minimum absolute atomic E-state index is 0.0489. The van der Waals surface area contributed by atoms with Gasteiger partial charge in [-0.05, 0) is 13.8 Å². The molecule has 0 saturated heterocycles. The lowest BCUT2D eigenvalue weighted by molar-refractivity contribution is -0.693. The van der Waals surface area contributed by atoms with Gasteiger partial charge in [0.15, 0.2) is 5.50 Å². The lowest BCUT2D eigenvalue weighted by Gasteiger charge is -1.93. The number of hydrogen-bond donors (Lipinski definition) is 0. The molecule has 0 saturated carbocycles. The first-order valence-electron chi connectivity index (χ1n) is 3.44. The molecule has 1 rings (SSSR count). The third-order valence-corrected chi connectivity index (χ3v) is 1.71. The number of hydrogen-bond acceptors (Lipinski definition) is 0. The first kappa shape index (κ1) is 7.61. The van der Waals surface area contributed by atoms with Crippen LogP contribution in [0.1, 0.15) is 19.3 Å². The Morgan fingerprint density at radius 3 is 2.70 bits per heavy atom. The monoisotopic (exact) mass is 159 g/mol. The van der Waals surface area contributed by atoms with E-state index in [9.17, 15) is 0 Å². The molecule has 1 unspecified atom stereocenters. The highest BCUT2D eigenvalue weighted by Gasteiger charge is 2.05. The van der Waals surface area contributed by atoms with Crippen molar-refractivity contribution in [2.45, 2.75) is 25.9 Å². The van der Waals surface area contributed by atoms with Gasteiger partial charge in [0.2, 0.25) is 6.33 Å². The summed E-state index contributed by atoms with van der Waals surface area (Å²) in [6.07, 6.45) is 5.98. The lowest BCUT2D eigenvalue weighted by Crippen LogP contribution is -2.28. The van der Waals surface area contributed by atoms with Crippen LogP contribution in [0.2, 0.25) is 0 Å². The second kappa shape index (κ2) is 3.06. The second-order valence-corrected chi connectivity index (χ2v) is 2.90. The van der Waals surface area contributed by atoms with Crippen LogP contribution < -0.4 is 4.57 Å². The average molecular weight is 160 g/mol. The first-order valence-corrected chi connectivity index (χ1v) is 3.88. The van der Waals surface area contributed by atoms with Crippen LogP contribution in [-0.2, 0) is 6.54 Å². The van der Waals surface area contributed by atoms with Gasteiger partial charge in [0, 0.05) is 0 Å². The van der Waals surface area contributed by atoms with Gasteiger partial charge in [0.05, 0.1) is 6.54 Å². The highest BCUT2D eigenvalue weighted by Crippen LogP contribution is 2.07. The van der Waals surface area contributed by atoms with E-state index in [0.29, 0.717) is 0 Å². The van der Waals surface area contributed by atoms with Gasteiger partial charge in [-0.25, -0.2) is 9.13 Å². The van der Waals surface area contributed by atoms with E-state index in [1.807, 2.05) is 30.2 Å². The van der Waals surface area contributed by atoms with Crippen LogP contribution in [0.25, 0.3) is 0 Å². The van der Waals surface area contributed by atoms with Crippen LogP contribution in [0, 0.1) is 0 Å². The molecular formula is C7H12ClN2+. The topological polar surface area (TPSA) is 8.81 Å². The average Bonchev–Trinajstić information content (AvgIpc) is 2.34. The highest BCUT2D eigenvalue weighted by atomic mass is 35.5. The van der Waals surface area contributed by atoms with Crippen molar-refractivity contribution in [2.24, 2.45) is 0 Å². The maximum absolute atomic E-state index is 5.82. The highest BCUT2D eigenvalue weighted by molar-refractivity contribution is 6.18. The van der Waals surface area contributed by atoms with Crippen LogP contribution in [0.4, 0.5) is 0 Å². The summed E-state index contributed by atoms with van der Waals surface area (Å²) in [6.45, 7) is 5.04. The Labute approximate surface area is 66.0 Å². The van der Waals surface area contributed by atoms with Crippen molar-refractivity contribution in [3.63, 3.8) is 0 Å². The Bertz CT molecular complexity index is 205.